The van der Waals surface area contributed by atoms with Gasteiger partial charge in [0.15, 0.2) is 5.96 Å². The highest BCUT2D eigenvalue weighted by Crippen LogP contribution is 2.49. The molecule has 3 rings (SSSR count). The summed E-state index contributed by atoms with van der Waals surface area (Å²) in [5.41, 5.74) is 6.56. The predicted octanol–water partition coefficient (Wildman–Crippen LogP) is 3.14. The van der Waals surface area contributed by atoms with Crippen molar-refractivity contribution in [2.75, 3.05) is 6.54 Å². The van der Waals surface area contributed by atoms with E-state index in [0.717, 1.165) is 24.3 Å². The molecule has 1 heterocycles. The van der Waals surface area contributed by atoms with Gasteiger partial charge in [0, 0.05) is 6.04 Å². The zero-order valence-corrected chi connectivity index (χ0v) is 12.6. The van der Waals surface area contributed by atoms with E-state index in [-0.39, 0.29) is 0 Å². The van der Waals surface area contributed by atoms with Crippen molar-refractivity contribution in [2.45, 2.75) is 76.8 Å². The summed E-state index contributed by atoms with van der Waals surface area (Å²) < 4.78 is 0. The van der Waals surface area contributed by atoms with Gasteiger partial charge in [0.2, 0.25) is 0 Å². The summed E-state index contributed by atoms with van der Waals surface area (Å²) >= 11 is 0. The number of nitrogens with zero attached hydrogens (tertiary/aromatic N) is 2. The summed E-state index contributed by atoms with van der Waals surface area (Å²) in [6.45, 7) is 5.66. The molecule has 19 heavy (non-hydrogen) atoms. The van der Waals surface area contributed by atoms with Gasteiger partial charge in [-0.15, -0.1) is 0 Å². The summed E-state index contributed by atoms with van der Waals surface area (Å²) in [4.78, 5) is 7.17. The van der Waals surface area contributed by atoms with Crippen LogP contribution < -0.4 is 5.73 Å². The van der Waals surface area contributed by atoms with Gasteiger partial charge in [-0.3, -0.25) is 4.99 Å². The lowest BCUT2D eigenvalue weighted by molar-refractivity contribution is -0.00567. The van der Waals surface area contributed by atoms with Crippen molar-refractivity contribution in [3.05, 3.63) is 0 Å². The molecule has 2 N–H and O–H groups in total. The molecular weight excluding hydrogens is 234 g/mol. The largest absolute Gasteiger partial charge is 0.370 e. The molecule has 1 aliphatic heterocycles. The van der Waals surface area contributed by atoms with Crippen LogP contribution in [0.15, 0.2) is 4.99 Å². The van der Waals surface area contributed by atoms with Crippen molar-refractivity contribution in [3.63, 3.8) is 0 Å². The molecule has 0 bridgehead atoms. The first-order chi connectivity index (χ1) is 9.12. The summed E-state index contributed by atoms with van der Waals surface area (Å²) in [7, 11) is 0. The van der Waals surface area contributed by atoms with Crippen molar-refractivity contribution in [1.82, 2.24) is 4.90 Å². The molecule has 3 heteroatoms. The van der Waals surface area contributed by atoms with Crippen molar-refractivity contribution < 1.29 is 0 Å². The molecule has 3 nitrogen and oxygen atoms in total. The van der Waals surface area contributed by atoms with Gasteiger partial charge < -0.3 is 10.6 Å². The van der Waals surface area contributed by atoms with Crippen LogP contribution >= 0.6 is 0 Å². The Morgan fingerprint density at radius 3 is 2.37 bits per heavy atom. The zero-order chi connectivity index (χ0) is 13.5. The smallest absolute Gasteiger partial charge is 0.192 e. The minimum absolute atomic E-state index is 0.314. The first-order valence-corrected chi connectivity index (χ1v) is 8.22. The number of hydrogen-bond acceptors (Lipinski definition) is 3. The Balaban J connectivity index is 1.72. The van der Waals surface area contributed by atoms with E-state index in [2.05, 4.69) is 23.7 Å². The molecule has 0 amide bonds. The van der Waals surface area contributed by atoms with E-state index in [4.69, 9.17) is 5.73 Å². The van der Waals surface area contributed by atoms with Crippen LogP contribution in [0.1, 0.15) is 65.2 Å². The van der Waals surface area contributed by atoms with Gasteiger partial charge in [0.05, 0.1) is 12.1 Å². The van der Waals surface area contributed by atoms with Crippen LogP contribution in [0.4, 0.5) is 0 Å². The summed E-state index contributed by atoms with van der Waals surface area (Å²) in [5.74, 6) is 2.53. The quantitative estimate of drug-likeness (QED) is 0.778. The van der Waals surface area contributed by atoms with Crippen LogP contribution in [0.3, 0.4) is 0 Å². The summed E-state index contributed by atoms with van der Waals surface area (Å²) in [5, 5.41) is 0. The van der Waals surface area contributed by atoms with Crippen molar-refractivity contribution in [2.24, 2.45) is 22.6 Å². The first-order valence-electron chi connectivity index (χ1n) is 8.22. The lowest BCUT2D eigenvalue weighted by Gasteiger charge is -2.54. The highest BCUT2D eigenvalue weighted by atomic mass is 15.4. The SMILES string of the molecule is CC(C)C1CC2(CN=C(N)N2C2CCCCCC2)C1. The highest BCUT2D eigenvalue weighted by Gasteiger charge is 2.54. The van der Waals surface area contributed by atoms with E-state index >= 15 is 0 Å². The van der Waals surface area contributed by atoms with Crippen LogP contribution in [-0.4, -0.2) is 29.0 Å². The third kappa shape index (κ3) is 2.25. The monoisotopic (exact) mass is 263 g/mol. The van der Waals surface area contributed by atoms with Crippen molar-refractivity contribution in [3.8, 4) is 0 Å². The summed E-state index contributed by atoms with van der Waals surface area (Å²) in [6, 6.07) is 0.668. The van der Waals surface area contributed by atoms with Gasteiger partial charge in [0.1, 0.15) is 0 Å². The zero-order valence-electron chi connectivity index (χ0n) is 12.6. The summed E-state index contributed by atoms with van der Waals surface area (Å²) in [6.07, 6.45) is 10.8. The lowest BCUT2D eigenvalue weighted by atomic mass is 9.63. The molecule has 3 aliphatic rings. The maximum atomic E-state index is 6.24. The van der Waals surface area contributed by atoms with Gasteiger partial charge in [-0.25, -0.2) is 0 Å². The molecule has 1 spiro atoms. The minimum atomic E-state index is 0.314. The normalized spacial score (nSPS) is 36.5. The third-order valence-corrected chi connectivity index (χ3v) is 5.71. The maximum Gasteiger partial charge on any atom is 0.192 e. The van der Waals surface area contributed by atoms with Gasteiger partial charge >= 0.3 is 0 Å². The molecule has 0 saturated heterocycles. The second-order valence-electron chi connectivity index (χ2n) is 7.33. The predicted molar refractivity (Wildman–Crippen MR) is 80.1 cm³/mol. The van der Waals surface area contributed by atoms with Gasteiger partial charge in [-0.1, -0.05) is 39.5 Å². The molecule has 2 aliphatic carbocycles. The molecule has 0 radical (unpaired) electrons. The second kappa shape index (κ2) is 4.99. The molecule has 0 unspecified atom stereocenters. The second-order valence-corrected chi connectivity index (χ2v) is 7.33. The Morgan fingerprint density at radius 1 is 1.16 bits per heavy atom. The molecule has 108 valence electrons. The Labute approximate surface area is 117 Å². The van der Waals surface area contributed by atoms with Crippen molar-refractivity contribution in [1.29, 1.82) is 0 Å². The first kappa shape index (κ1) is 13.3. The van der Waals surface area contributed by atoms with Gasteiger partial charge in [0.25, 0.3) is 0 Å². The van der Waals surface area contributed by atoms with E-state index < -0.39 is 0 Å². The van der Waals surface area contributed by atoms with Crippen LogP contribution in [0.2, 0.25) is 0 Å². The molecular formula is C16H29N3. The number of nitrogens with two attached hydrogens (primary N) is 1. The minimum Gasteiger partial charge on any atom is -0.370 e. The van der Waals surface area contributed by atoms with Crippen molar-refractivity contribution >= 4 is 5.96 Å². The van der Waals surface area contributed by atoms with E-state index in [1.807, 2.05) is 0 Å². The fraction of sp³-hybridized carbons (Fsp3) is 0.938. The average Bonchev–Trinajstić information content (AvgIpc) is 2.51. The van der Waals surface area contributed by atoms with Crippen LogP contribution in [0.5, 0.6) is 0 Å². The van der Waals surface area contributed by atoms with Crippen LogP contribution in [0.25, 0.3) is 0 Å². The van der Waals surface area contributed by atoms with Crippen LogP contribution in [0, 0.1) is 11.8 Å². The Morgan fingerprint density at radius 2 is 1.79 bits per heavy atom. The Hall–Kier alpha value is -0.730. The third-order valence-electron chi connectivity index (χ3n) is 5.71. The van der Waals surface area contributed by atoms with E-state index in [1.54, 1.807) is 0 Å². The standard InChI is InChI=1S/C16H29N3/c1-12(2)13-9-16(10-13)11-18-15(17)19(16)14-7-5-3-4-6-8-14/h12-14H,3-11H2,1-2H3,(H2,17,18). The van der Waals surface area contributed by atoms with Crippen LogP contribution in [-0.2, 0) is 0 Å². The Kier molecular flexibility index (Phi) is 3.48. The van der Waals surface area contributed by atoms with Gasteiger partial charge in [-0.05, 0) is 37.5 Å². The van der Waals surface area contributed by atoms with E-state index in [0.29, 0.717) is 11.6 Å². The fourth-order valence-corrected chi connectivity index (χ4v) is 4.43. The number of hydrogen-bond donors (Lipinski definition) is 1. The molecule has 0 atom stereocenters. The lowest BCUT2D eigenvalue weighted by Crippen LogP contribution is -2.63. The Bertz CT molecular complexity index is 347. The fourth-order valence-electron chi connectivity index (χ4n) is 4.43. The maximum absolute atomic E-state index is 6.24. The number of aliphatic imine (C=N–C) groups is 1. The number of guanidine groups is 1. The van der Waals surface area contributed by atoms with Gasteiger partial charge in [-0.2, -0.15) is 0 Å². The molecule has 0 aromatic rings. The molecule has 0 aromatic carbocycles. The molecule has 2 fully saturated rings. The average molecular weight is 263 g/mol. The highest BCUT2D eigenvalue weighted by molar-refractivity contribution is 5.81. The molecule has 2 saturated carbocycles. The van der Waals surface area contributed by atoms with E-state index in [9.17, 15) is 0 Å². The van der Waals surface area contributed by atoms with E-state index in [1.165, 1.54) is 51.4 Å². The topological polar surface area (TPSA) is 41.6 Å². The number of rotatable bonds is 2. The molecule has 0 aromatic heterocycles.